The molecule has 1 aliphatic rings. The Hall–Kier alpha value is -3.88. The molecule has 1 aromatic heterocycles. The van der Waals surface area contributed by atoms with Crippen LogP contribution in [-0.4, -0.2) is 35.5 Å². The van der Waals surface area contributed by atoms with Crippen LogP contribution in [0.4, 0.5) is 5.13 Å². The van der Waals surface area contributed by atoms with Crippen molar-refractivity contribution < 1.29 is 24.2 Å². The topological polar surface area (TPSA) is 89.0 Å². The maximum atomic E-state index is 13.4. The van der Waals surface area contributed by atoms with Crippen LogP contribution >= 0.6 is 22.9 Å². The number of anilines is 1. The Bertz CT molecular complexity index is 1530. The molecule has 0 bridgehead atoms. The van der Waals surface area contributed by atoms with Crippen LogP contribution in [0.3, 0.4) is 0 Å². The molecule has 0 spiro atoms. The Morgan fingerprint density at radius 1 is 1.08 bits per heavy atom. The van der Waals surface area contributed by atoms with Gasteiger partial charge in [-0.1, -0.05) is 54.1 Å². The van der Waals surface area contributed by atoms with Crippen LogP contribution in [-0.2, 0) is 9.59 Å². The van der Waals surface area contributed by atoms with Gasteiger partial charge in [0, 0.05) is 10.6 Å². The number of fused-ring (bicyclic) bond motifs is 1. The lowest BCUT2D eigenvalue weighted by atomic mass is 9.95. The number of benzene rings is 3. The van der Waals surface area contributed by atoms with Crippen molar-refractivity contribution in [3.05, 3.63) is 88.5 Å². The summed E-state index contributed by atoms with van der Waals surface area (Å²) in [7, 11) is 1.57. The maximum Gasteiger partial charge on any atom is 0.301 e. The molecule has 0 radical (unpaired) electrons. The lowest BCUT2D eigenvalue weighted by molar-refractivity contribution is -0.132. The molecule has 1 fully saturated rings. The molecule has 1 unspecified atom stereocenters. The van der Waals surface area contributed by atoms with Gasteiger partial charge in [0.2, 0.25) is 0 Å². The monoisotopic (exact) mass is 534 g/mol. The summed E-state index contributed by atoms with van der Waals surface area (Å²) >= 11 is 7.38. The molecule has 7 nitrogen and oxygen atoms in total. The number of Topliss-reactive ketones (excluding diaryl/α,β-unsaturated/α-hetero) is 1. The van der Waals surface area contributed by atoms with Gasteiger partial charge in [-0.3, -0.25) is 14.5 Å². The SMILES string of the molecule is CCCOc1cccc(C(O)=C2C(=O)C(=O)N(c3nc4ccc(OC)cc4s3)C2c2ccc(Cl)cc2)c1. The zero-order valence-electron chi connectivity index (χ0n) is 20.1. The van der Waals surface area contributed by atoms with E-state index in [2.05, 4.69) is 4.98 Å². The van der Waals surface area contributed by atoms with Crippen molar-refractivity contribution in [1.29, 1.82) is 0 Å². The highest BCUT2D eigenvalue weighted by atomic mass is 35.5. The van der Waals surface area contributed by atoms with E-state index in [1.807, 2.05) is 13.0 Å². The van der Waals surface area contributed by atoms with Gasteiger partial charge in [0.1, 0.15) is 17.3 Å². The third-order valence-corrected chi connectivity index (χ3v) is 7.27. The van der Waals surface area contributed by atoms with E-state index < -0.39 is 17.7 Å². The number of hydrogen-bond donors (Lipinski definition) is 1. The summed E-state index contributed by atoms with van der Waals surface area (Å²) in [6, 6.07) is 18.2. The molecule has 0 saturated carbocycles. The van der Waals surface area contributed by atoms with E-state index in [0.29, 0.717) is 44.9 Å². The Kier molecular flexibility index (Phi) is 6.86. The van der Waals surface area contributed by atoms with Crippen LogP contribution in [0.1, 0.15) is 30.5 Å². The van der Waals surface area contributed by atoms with Gasteiger partial charge in [-0.15, -0.1) is 0 Å². The normalized spacial score (nSPS) is 16.9. The molecule has 1 atom stereocenters. The summed E-state index contributed by atoms with van der Waals surface area (Å²) in [5.41, 5.74) is 1.62. The molecule has 4 aromatic rings. The summed E-state index contributed by atoms with van der Waals surface area (Å²) in [6.45, 7) is 2.51. The largest absolute Gasteiger partial charge is 0.507 e. The Morgan fingerprint density at radius 2 is 1.86 bits per heavy atom. The predicted molar refractivity (Wildman–Crippen MR) is 145 cm³/mol. The zero-order chi connectivity index (χ0) is 26.1. The average molecular weight is 535 g/mol. The number of aliphatic hydroxyl groups excluding tert-OH is 1. The third-order valence-electron chi connectivity index (χ3n) is 6.00. The highest BCUT2D eigenvalue weighted by molar-refractivity contribution is 7.22. The van der Waals surface area contributed by atoms with Crippen molar-refractivity contribution >= 4 is 55.7 Å². The van der Waals surface area contributed by atoms with E-state index in [1.54, 1.807) is 67.8 Å². The first-order chi connectivity index (χ1) is 17.9. The Morgan fingerprint density at radius 3 is 2.59 bits per heavy atom. The van der Waals surface area contributed by atoms with Crippen LogP contribution in [0.5, 0.6) is 11.5 Å². The second kappa shape index (κ2) is 10.2. The standard InChI is InChI=1S/C28H23ClN2O5S/c1-3-13-36-20-6-4-5-17(14-20)25(32)23-24(16-7-9-18(29)10-8-16)31(27(34)26(23)33)28-30-21-12-11-19(35-2)15-22(21)37-28/h4-12,14-15,24,32H,3,13H2,1-2H3. The number of ether oxygens (including phenoxy) is 2. The van der Waals surface area contributed by atoms with Crippen molar-refractivity contribution in [1.82, 2.24) is 4.98 Å². The number of amides is 1. The minimum Gasteiger partial charge on any atom is -0.507 e. The number of carbonyl (C=O) groups is 2. The van der Waals surface area contributed by atoms with Gasteiger partial charge in [0.25, 0.3) is 5.78 Å². The van der Waals surface area contributed by atoms with Crippen molar-refractivity contribution in [2.75, 3.05) is 18.6 Å². The molecule has 1 amide bonds. The summed E-state index contributed by atoms with van der Waals surface area (Å²) in [6.07, 6.45) is 0.825. The summed E-state index contributed by atoms with van der Waals surface area (Å²) in [5, 5.41) is 12.2. The maximum absolute atomic E-state index is 13.4. The summed E-state index contributed by atoms with van der Waals surface area (Å²) in [4.78, 5) is 32.8. The first kappa shape index (κ1) is 24.8. The number of thiazole rings is 1. The molecular weight excluding hydrogens is 512 g/mol. The molecule has 3 aromatic carbocycles. The van der Waals surface area contributed by atoms with E-state index in [4.69, 9.17) is 21.1 Å². The third kappa shape index (κ3) is 4.65. The first-order valence-corrected chi connectivity index (χ1v) is 12.8. The highest BCUT2D eigenvalue weighted by Crippen LogP contribution is 2.45. The van der Waals surface area contributed by atoms with Crippen LogP contribution in [0.2, 0.25) is 5.02 Å². The van der Waals surface area contributed by atoms with Crippen molar-refractivity contribution in [2.45, 2.75) is 19.4 Å². The van der Waals surface area contributed by atoms with Gasteiger partial charge in [0.05, 0.1) is 35.5 Å². The molecule has 0 aliphatic carbocycles. The molecule has 1 aliphatic heterocycles. The molecule has 9 heteroatoms. The number of halogens is 1. The number of aromatic nitrogens is 1. The lowest BCUT2D eigenvalue weighted by Gasteiger charge is -2.23. The van der Waals surface area contributed by atoms with E-state index in [-0.39, 0.29) is 11.3 Å². The van der Waals surface area contributed by atoms with E-state index in [1.165, 1.54) is 16.2 Å². The molecular formula is C28H23ClN2O5S. The summed E-state index contributed by atoms with van der Waals surface area (Å²) < 4.78 is 11.8. The van der Waals surface area contributed by atoms with Crippen LogP contribution in [0.15, 0.2) is 72.3 Å². The van der Waals surface area contributed by atoms with Gasteiger partial charge in [-0.2, -0.15) is 0 Å². The fourth-order valence-electron chi connectivity index (χ4n) is 4.22. The summed E-state index contributed by atoms with van der Waals surface area (Å²) in [5.74, 6) is -0.641. The Labute approximate surface area is 222 Å². The van der Waals surface area contributed by atoms with Crippen molar-refractivity contribution in [3.8, 4) is 11.5 Å². The number of ketones is 1. The molecule has 5 rings (SSSR count). The second-order valence-corrected chi connectivity index (χ2v) is 9.87. The number of carbonyl (C=O) groups excluding carboxylic acids is 2. The number of methoxy groups -OCH3 is 1. The minimum absolute atomic E-state index is 0.0307. The van der Waals surface area contributed by atoms with Crippen LogP contribution in [0, 0.1) is 0 Å². The highest BCUT2D eigenvalue weighted by Gasteiger charge is 2.48. The number of hydrogen-bond acceptors (Lipinski definition) is 7. The van der Waals surface area contributed by atoms with Crippen LogP contribution in [0.25, 0.3) is 16.0 Å². The van der Waals surface area contributed by atoms with Gasteiger partial charge >= 0.3 is 5.91 Å². The average Bonchev–Trinajstić information content (AvgIpc) is 3.45. The quantitative estimate of drug-likeness (QED) is 0.168. The molecule has 1 saturated heterocycles. The number of aliphatic hydroxyl groups is 1. The van der Waals surface area contributed by atoms with Gasteiger partial charge in [0.15, 0.2) is 5.13 Å². The molecule has 2 heterocycles. The zero-order valence-corrected chi connectivity index (χ0v) is 21.7. The second-order valence-electron chi connectivity index (χ2n) is 8.43. The van der Waals surface area contributed by atoms with Crippen molar-refractivity contribution in [2.24, 2.45) is 0 Å². The fraction of sp³-hybridized carbons (Fsp3) is 0.179. The van der Waals surface area contributed by atoms with Crippen LogP contribution < -0.4 is 14.4 Å². The van der Waals surface area contributed by atoms with E-state index in [9.17, 15) is 14.7 Å². The van der Waals surface area contributed by atoms with Gasteiger partial charge in [-0.25, -0.2) is 4.98 Å². The van der Waals surface area contributed by atoms with Crippen molar-refractivity contribution in [3.63, 3.8) is 0 Å². The Balaban J connectivity index is 1.67. The molecule has 37 heavy (non-hydrogen) atoms. The lowest BCUT2D eigenvalue weighted by Crippen LogP contribution is -2.29. The van der Waals surface area contributed by atoms with E-state index >= 15 is 0 Å². The fourth-order valence-corrected chi connectivity index (χ4v) is 5.37. The predicted octanol–water partition coefficient (Wildman–Crippen LogP) is 6.37. The number of rotatable bonds is 7. The first-order valence-electron chi connectivity index (χ1n) is 11.7. The molecule has 1 N–H and O–H groups in total. The van der Waals surface area contributed by atoms with Gasteiger partial charge in [-0.05, 0) is 54.4 Å². The number of nitrogens with zero attached hydrogens (tertiary/aromatic N) is 2. The van der Waals surface area contributed by atoms with Gasteiger partial charge < -0.3 is 14.6 Å². The van der Waals surface area contributed by atoms with E-state index in [0.717, 1.165) is 11.1 Å². The molecule has 188 valence electrons. The smallest absolute Gasteiger partial charge is 0.301 e. The minimum atomic E-state index is -0.903.